The smallest absolute Gasteiger partial charge is 0.1000 e. The Bertz CT molecular complexity index is 334. The van der Waals surface area contributed by atoms with Crippen LogP contribution in [-0.4, -0.2) is 29.7 Å². The van der Waals surface area contributed by atoms with Crippen LogP contribution in [0.4, 0.5) is 0 Å². The molecule has 0 aliphatic carbocycles. The van der Waals surface area contributed by atoms with E-state index in [1.165, 1.54) is 49.8 Å². The van der Waals surface area contributed by atoms with Crippen LogP contribution in [0.25, 0.3) is 0 Å². The highest BCUT2D eigenvalue weighted by atomic mass is 15.4. The minimum absolute atomic E-state index is 0.218. The second kappa shape index (κ2) is 5.83. The average molecular weight is 281 g/mol. The monoisotopic (exact) mass is 280 g/mol. The lowest BCUT2D eigenvalue weighted by Gasteiger charge is -2.56. The molecule has 0 aromatic rings. The Morgan fingerprint density at radius 3 is 1.90 bits per heavy atom. The van der Waals surface area contributed by atoms with Crippen molar-refractivity contribution in [1.29, 1.82) is 0 Å². The van der Waals surface area contributed by atoms with Crippen LogP contribution in [0.2, 0.25) is 0 Å². The molecule has 2 fully saturated rings. The maximum Gasteiger partial charge on any atom is 0.1000 e. The lowest BCUT2D eigenvalue weighted by Crippen LogP contribution is -2.65. The van der Waals surface area contributed by atoms with Crippen LogP contribution in [0.15, 0.2) is 12.7 Å². The maximum absolute atomic E-state index is 4.11. The molecule has 2 aliphatic rings. The van der Waals surface area contributed by atoms with E-state index in [4.69, 9.17) is 0 Å². The van der Waals surface area contributed by atoms with E-state index in [-0.39, 0.29) is 5.41 Å². The van der Waals surface area contributed by atoms with Gasteiger partial charge in [0.15, 0.2) is 0 Å². The van der Waals surface area contributed by atoms with Gasteiger partial charge in [0, 0.05) is 11.8 Å². The SMILES string of the molecule is C=CC(C)(C)C1(C)CC[N+]2(CCCCC2)C1(C)C.CC. The van der Waals surface area contributed by atoms with Gasteiger partial charge in [0.25, 0.3) is 0 Å². The first-order valence-corrected chi connectivity index (χ1v) is 8.72. The van der Waals surface area contributed by atoms with E-state index >= 15 is 0 Å². The molecule has 2 heterocycles. The van der Waals surface area contributed by atoms with Crippen molar-refractivity contribution in [2.24, 2.45) is 10.8 Å². The Kier molecular flexibility index (Phi) is 5.17. The van der Waals surface area contributed by atoms with Gasteiger partial charge in [-0.2, -0.15) is 0 Å². The lowest BCUT2D eigenvalue weighted by atomic mass is 9.57. The van der Waals surface area contributed by atoms with E-state index in [0.29, 0.717) is 11.0 Å². The molecule has 0 aromatic carbocycles. The zero-order valence-electron chi connectivity index (χ0n) is 15.2. The van der Waals surface area contributed by atoms with Crippen LogP contribution in [0.3, 0.4) is 0 Å². The molecular formula is C19H38N+. The first kappa shape index (κ1) is 17.8. The van der Waals surface area contributed by atoms with Crippen molar-refractivity contribution >= 4 is 0 Å². The molecule has 0 bridgehead atoms. The van der Waals surface area contributed by atoms with E-state index in [1.54, 1.807) is 0 Å². The lowest BCUT2D eigenvalue weighted by molar-refractivity contribution is -0.969. The van der Waals surface area contributed by atoms with Gasteiger partial charge in [0.05, 0.1) is 25.2 Å². The van der Waals surface area contributed by atoms with Gasteiger partial charge in [-0.25, -0.2) is 0 Å². The summed E-state index contributed by atoms with van der Waals surface area (Å²) in [5.41, 5.74) is 0.944. The molecule has 1 heteroatoms. The predicted octanol–water partition coefficient (Wildman–Crippen LogP) is 5.41. The summed E-state index contributed by atoms with van der Waals surface area (Å²) in [5, 5.41) is 0. The zero-order valence-corrected chi connectivity index (χ0v) is 15.2. The molecule has 20 heavy (non-hydrogen) atoms. The molecule has 118 valence electrons. The van der Waals surface area contributed by atoms with Crippen molar-refractivity contribution in [2.75, 3.05) is 19.6 Å². The fraction of sp³-hybridized carbons (Fsp3) is 0.895. The van der Waals surface area contributed by atoms with Gasteiger partial charge in [0.2, 0.25) is 0 Å². The summed E-state index contributed by atoms with van der Waals surface area (Å²) in [6.07, 6.45) is 7.83. The average Bonchev–Trinajstić information content (AvgIpc) is 2.65. The van der Waals surface area contributed by atoms with Crippen LogP contribution < -0.4 is 0 Å². The number of nitrogens with zero attached hydrogens (tertiary/aromatic N) is 1. The molecule has 0 amide bonds. The van der Waals surface area contributed by atoms with E-state index in [2.05, 4.69) is 47.3 Å². The molecule has 2 saturated heterocycles. The summed E-state index contributed by atoms with van der Waals surface area (Å²) in [5.74, 6) is 0. The summed E-state index contributed by atoms with van der Waals surface area (Å²) >= 11 is 0. The molecule has 2 aliphatic heterocycles. The normalized spacial score (nSPS) is 31.6. The van der Waals surface area contributed by atoms with E-state index in [0.717, 1.165) is 0 Å². The van der Waals surface area contributed by atoms with Gasteiger partial charge in [-0.1, -0.05) is 40.7 Å². The first-order chi connectivity index (χ1) is 9.22. The largest absolute Gasteiger partial charge is 0.319 e. The molecule has 1 atom stereocenters. The summed E-state index contributed by atoms with van der Waals surface area (Å²) in [6, 6.07) is 0. The third kappa shape index (κ3) is 2.26. The van der Waals surface area contributed by atoms with Crippen LogP contribution in [0.1, 0.15) is 74.1 Å². The topological polar surface area (TPSA) is 0 Å². The van der Waals surface area contributed by atoms with E-state index in [1.807, 2.05) is 13.8 Å². The van der Waals surface area contributed by atoms with Gasteiger partial charge >= 0.3 is 0 Å². The third-order valence-electron chi connectivity index (χ3n) is 7.18. The number of hydrogen-bond donors (Lipinski definition) is 0. The van der Waals surface area contributed by atoms with Gasteiger partial charge in [-0.05, 0) is 38.5 Å². The molecular weight excluding hydrogens is 242 g/mol. The summed E-state index contributed by atoms with van der Waals surface area (Å²) in [6.45, 7) is 24.6. The molecule has 0 saturated carbocycles. The highest BCUT2D eigenvalue weighted by molar-refractivity contribution is 5.10. The van der Waals surface area contributed by atoms with Gasteiger partial charge < -0.3 is 4.48 Å². The Balaban J connectivity index is 0.000000956. The minimum Gasteiger partial charge on any atom is -0.319 e. The molecule has 2 rings (SSSR count). The maximum atomic E-state index is 4.11. The van der Waals surface area contributed by atoms with E-state index in [9.17, 15) is 0 Å². The number of rotatable bonds is 2. The number of piperidine rings is 1. The van der Waals surface area contributed by atoms with Gasteiger partial charge in [-0.15, -0.1) is 6.58 Å². The quantitative estimate of drug-likeness (QED) is 0.468. The highest BCUT2D eigenvalue weighted by Gasteiger charge is 2.65. The zero-order chi connectivity index (χ0) is 15.7. The van der Waals surface area contributed by atoms with Crippen LogP contribution in [-0.2, 0) is 0 Å². The van der Waals surface area contributed by atoms with Crippen molar-refractivity contribution in [1.82, 2.24) is 0 Å². The van der Waals surface area contributed by atoms with Crippen LogP contribution >= 0.6 is 0 Å². The minimum atomic E-state index is 0.218. The predicted molar refractivity (Wildman–Crippen MR) is 90.8 cm³/mol. The Morgan fingerprint density at radius 1 is 0.950 bits per heavy atom. The standard InChI is InChI=1S/C17H32N.C2H6/c1-7-15(2,3)17(6)11-14-18(16(17,4)5)12-9-8-10-13-18;1-2/h7H,1,8-14H2,2-6H3;1-2H3/q+1;. The number of allylic oxidation sites excluding steroid dienone is 1. The summed E-state index contributed by atoms with van der Waals surface area (Å²) in [7, 11) is 0. The molecule has 1 unspecified atom stereocenters. The highest BCUT2D eigenvalue weighted by Crippen LogP contribution is 2.60. The first-order valence-electron chi connectivity index (χ1n) is 8.72. The Morgan fingerprint density at radius 2 is 1.45 bits per heavy atom. The fourth-order valence-corrected chi connectivity index (χ4v) is 4.78. The fourth-order valence-electron chi connectivity index (χ4n) is 4.78. The molecule has 0 aromatic heterocycles. The second-order valence-corrected chi connectivity index (χ2v) is 7.94. The number of hydrogen-bond acceptors (Lipinski definition) is 0. The van der Waals surface area contributed by atoms with Crippen molar-refractivity contribution < 1.29 is 4.48 Å². The Labute approximate surface area is 128 Å². The molecule has 0 N–H and O–H groups in total. The van der Waals surface area contributed by atoms with Crippen molar-refractivity contribution in [3.05, 3.63) is 12.7 Å². The molecule has 1 nitrogen and oxygen atoms in total. The summed E-state index contributed by atoms with van der Waals surface area (Å²) in [4.78, 5) is 0. The summed E-state index contributed by atoms with van der Waals surface area (Å²) < 4.78 is 1.36. The van der Waals surface area contributed by atoms with Gasteiger partial charge in [-0.3, -0.25) is 0 Å². The van der Waals surface area contributed by atoms with Crippen molar-refractivity contribution in [3.8, 4) is 0 Å². The Hall–Kier alpha value is -0.300. The van der Waals surface area contributed by atoms with Crippen molar-refractivity contribution in [3.63, 3.8) is 0 Å². The van der Waals surface area contributed by atoms with Crippen LogP contribution in [0.5, 0.6) is 0 Å². The third-order valence-corrected chi connectivity index (χ3v) is 7.18. The second-order valence-electron chi connectivity index (χ2n) is 7.94. The number of quaternary nitrogens is 1. The van der Waals surface area contributed by atoms with Gasteiger partial charge in [0.1, 0.15) is 0 Å². The van der Waals surface area contributed by atoms with E-state index < -0.39 is 0 Å². The molecule has 0 radical (unpaired) electrons. The molecule has 1 spiro atoms. The van der Waals surface area contributed by atoms with Crippen molar-refractivity contribution in [2.45, 2.75) is 79.7 Å². The van der Waals surface area contributed by atoms with Crippen LogP contribution in [0, 0.1) is 10.8 Å².